The summed E-state index contributed by atoms with van der Waals surface area (Å²) in [7, 11) is 3.19. The van der Waals surface area contributed by atoms with Crippen molar-refractivity contribution in [3.8, 4) is 0 Å². The van der Waals surface area contributed by atoms with Gasteiger partial charge in [-0.3, -0.25) is 0 Å². The van der Waals surface area contributed by atoms with E-state index in [9.17, 15) is 4.79 Å². The average molecular weight is 253 g/mol. The third kappa shape index (κ3) is 2.28. The fraction of sp³-hybridized carbons (Fsp3) is 0.615. The van der Waals surface area contributed by atoms with E-state index in [1.54, 1.807) is 12.1 Å². The van der Waals surface area contributed by atoms with Crippen LogP contribution in [-0.2, 0) is 9.47 Å². The fourth-order valence-electron chi connectivity index (χ4n) is 2.50. The molecule has 1 aliphatic heterocycles. The molecule has 1 aliphatic rings. The number of carbonyl (C=O) groups excluding carboxylic acids is 1. The number of rotatable bonds is 4. The zero-order valence-electron chi connectivity index (χ0n) is 11.0. The van der Waals surface area contributed by atoms with Crippen LogP contribution in [0.2, 0.25) is 0 Å². The summed E-state index contributed by atoms with van der Waals surface area (Å²) in [6.45, 7) is 2.82. The fourth-order valence-corrected chi connectivity index (χ4v) is 2.50. The Bertz CT molecular complexity index is 420. The van der Waals surface area contributed by atoms with Crippen LogP contribution in [0.1, 0.15) is 42.1 Å². The maximum Gasteiger partial charge on any atom is 0.373 e. The molecule has 0 bridgehead atoms. The molecule has 0 spiro atoms. The normalized spacial score (nSPS) is 25.1. The van der Waals surface area contributed by atoms with E-state index in [2.05, 4.69) is 17.0 Å². The summed E-state index contributed by atoms with van der Waals surface area (Å²) in [4.78, 5) is 11.4. The lowest BCUT2D eigenvalue weighted by Gasteiger charge is -2.31. The second-order valence-corrected chi connectivity index (χ2v) is 4.68. The minimum Gasteiger partial charge on any atom is -0.463 e. The van der Waals surface area contributed by atoms with E-state index in [0.29, 0.717) is 5.76 Å². The molecule has 5 nitrogen and oxygen atoms in total. The molecule has 2 unspecified atom stereocenters. The van der Waals surface area contributed by atoms with E-state index < -0.39 is 5.97 Å². The Morgan fingerprint density at radius 3 is 2.89 bits per heavy atom. The van der Waals surface area contributed by atoms with Crippen molar-refractivity contribution in [1.29, 1.82) is 0 Å². The number of furan rings is 1. The lowest BCUT2D eigenvalue weighted by Crippen LogP contribution is -2.39. The second kappa shape index (κ2) is 5.12. The summed E-state index contributed by atoms with van der Waals surface area (Å²) in [5.74, 6) is 0.449. The molecule has 18 heavy (non-hydrogen) atoms. The van der Waals surface area contributed by atoms with Crippen molar-refractivity contribution in [2.75, 3.05) is 20.8 Å². The first-order chi connectivity index (χ1) is 8.60. The van der Waals surface area contributed by atoms with Gasteiger partial charge in [0.2, 0.25) is 5.76 Å². The second-order valence-electron chi connectivity index (χ2n) is 4.68. The highest BCUT2D eigenvalue weighted by Crippen LogP contribution is 2.37. The predicted molar refractivity (Wildman–Crippen MR) is 65.4 cm³/mol. The van der Waals surface area contributed by atoms with E-state index in [4.69, 9.17) is 9.15 Å². The van der Waals surface area contributed by atoms with Gasteiger partial charge in [-0.05, 0) is 38.9 Å². The van der Waals surface area contributed by atoms with Gasteiger partial charge in [-0.15, -0.1) is 0 Å². The summed E-state index contributed by atoms with van der Waals surface area (Å²) in [6.07, 6.45) is 2.01. The van der Waals surface area contributed by atoms with Crippen molar-refractivity contribution >= 4 is 5.97 Å². The van der Waals surface area contributed by atoms with Crippen molar-refractivity contribution in [3.05, 3.63) is 23.7 Å². The first-order valence-corrected chi connectivity index (χ1v) is 6.10. The van der Waals surface area contributed by atoms with Crippen molar-refractivity contribution in [2.45, 2.75) is 31.4 Å². The van der Waals surface area contributed by atoms with Gasteiger partial charge in [-0.1, -0.05) is 0 Å². The highest BCUT2D eigenvalue weighted by atomic mass is 16.5. The molecule has 0 aromatic carbocycles. The first kappa shape index (κ1) is 13.1. The summed E-state index contributed by atoms with van der Waals surface area (Å²) in [6, 6.07) is 3.35. The molecule has 100 valence electrons. The van der Waals surface area contributed by atoms with Gasteiger partial charge >= 0.3 is 5.97 Å². The minimum atomic E-state index is -0.464. The van der Waals surface area contributed by atoms with Gasteiger partial charge in [0.1, 0.15) is 5.76 Å². The molecule has 1 aromatic heterocycles. The summed E-state index contributed by atoms with van der Waals surface area (Å²) in [5.41, 5.74) is -0.292. The van der Waals surface area contributed by atoms with Crippen LogP contribution in [0.4, 0.5) is 0 Å². The number of ether oxygens (including phenoxy) is 2. The van der Waals surface area contributed by atoms with Crippen molar-refractivity contribution in [1.82, 2.24) is 5.32 Å². The van der Waals surface area contributed by atoms with Crippen LogP contribution in [0.15, 0.2) is 16.5 Å². The predicted octanol–water partition coefficient (Wildman–Crippen LogP) is 1.90. The molecule has 0 aliphatic carbocycles. The van der Waals surface area contributed by atoms with Crippen LogP contribution in [0.25, 0.3) is 0 Å². The zero-order valence-corrected chi connectivity index (χ0v) is 11.0. The molecule has 2 rings (SSSR count). The Morgan fingerprint density at radius 2 is 2.33 bits per heavy atom. The Hall–Kier alpha value is -1.33. The van der Waals surface area contributed by atoms with Gasteiger partial charge in [-0.25, -0.2) is 4.79 Å². The molecule has 1 fully saturated rings. The summed E-state index contributed by atoms with van der Waals surface area (Å²) >= 11 is 0. The lowest BCUT2D eigenvalue weighted by molar-refractivity contribution is -0.0164. The van der Waals surface area contributed by atoms with Crippen molar-refractivity contribution in [2.24, 2.45) is 0 Å². The van der Waals surface area contributed by atoms with Gasteiger partial charge in [0.05, 0.1) is 18.8 Å². The number of hydrogen-bond donors (Lipinski definition) is 1. The van der Waals surface area contributed by atoms with E-state index >= 15 is 0 Å². The highest BCUT2D eigenvalue weighted by molar-refractivity contribution is 5.86. The zero-order chi connectivity index (χ0) is 13.2. The monoisotopic (exact) mass is 253 g/mol. The molecule has 1 aromatic rings. The maximum atomic E-state index is 11.4. The maximum absolute atomic E-state index is 11.4. The van der Waals surface area contributed by atoms with Gasteiger partial charge < -0.3 is 19.2 Å². The third-order valence-corrected chi connectivity index (χ3v) is 3.45. The number of likely N-dealkylation sites (N-methyl/N-ethyl adjacent to an activating group) is 1. The molecule has 2 atom stereocenters. The summed E-state index contributed by atoms with van der Waals surface area (Å²) in [5, 5.41) is 3.20. The topological polar surface area (TPSA) is 60.7 Å². The molecule has 1 saturated heterocycles. The molecule has 1 N–H and O–H groups in total. The molecule has 0 amide bonds. The molecule has 2 heterocycles. The third-order valence-electron chi connectivity index (χ3n) is 3.45. The number of hydrogen-bond acceptors (Lipinski definition) is 5. The van der Waals surface area contributed by atoms with E-state index in [1.807, 2.05) is 7.05 Å². The molecule has 0 radical (unpaired) electrons. The number of carbonyl (C=O) groups is 1. The SMILES string of the molecule is CNC(c1ccc(C(=O)OC)o1)C1(C)CCCO1. The van der Waals surface area contributed by atoms with E-state index in [0.717, 1.165) is 19.4 Å². The van der Waals surface area contributed by atoms with Crippen molar-refractivity contribution in [3.63, 3.8) is 0 Å². The van der Waals surface area contributed by atoms with Crippen LogP contribution in [0, 0.1) is 0 Å². The molecular formula is C13H19NO4. The van der Waals surface area contributed by atoms with Gasteiger partial charge in [-0.2, -0.15) is 0 Å². The number of methoxy groups -OCH3 is 1. The van der Waals surface area contributed by atoms with Crippen LogP contribution >= 0.6 is 0 Å². The quantitative estimate of drug-likeness (QED) is 0.830. The van der Waals surface area contributed by atoms with Crippen LogP contribution in [0.5, 0.6) is 0 Å². The van der Waals surface area contributed by atoms with Gasteiger partial charge in [0.25, 0.3) is 0 Å². The van der Waals surface area contributed by atoms with Gasteiger partial charge in [0, 0.05) is 6.61 Å². The summed E-state index contributed by atoms with van der Waals surface area (Å²) < 4.78 is 16.0. The minimum absolute atomic E-state index is 0.0709. The average Bonchev–Trinajstić information content (AvgIpc) is 2.99. The Labute approximate surface area is 106 Å². The highest BCUT2D eigenvalue weighted by Gasteiger charge is 2.40. The van der Waals surface area contributed by atoms with Gasteiger partial charge in [0.15, 0.2) is 0 Å². The smallest absolute Gasteiger partial charge is 0.373 e. The Morgan fingerprint density at radius 1 is 1.56 bits per heavy atom. The Balaban J connectivity index is 2.22. The van der Waals surface area contributed by atoms with E-state index in [1.165, 1.54) is 7.11 Å². The van der Waals surface area contributed by atoms with Crippen molar-refractivity contribution < 1.29 is 18.7 Å². The number of esters is 1. The van der Waals surface area contributed by atoms with Crippen LogP contribution in [0.3, 0.4) is 0 Å². The number of nitrogens with one attached hydrogen (secondary N) is 1. The largest absolute Gasteiger partial charge is 0.463 e. The standard InChI is InChI=1S/C13H19NO4/c1-13(7-4-8-17-13)11(14-2)9-5-6-10(18-9)12(15)16-3/h5-6,11,14H,4,7-8H2,1-3H3. The van der Waals surface area contributed by atoms with Crippen LogP contribution < -0.4 is 5.32 Å². The first-order valence-electron chi connectivity index (χ1n) is 6.10. The van der Waals surface area contributed by atoms with Crippen LogP contribution in [-0.4, -0.2) is 32.3 Å². The molecular weight excluding hydrogens is 234 g/mol. The van der Waals surface area contributed by atoms with E-state index in [-0.39, 0.29) is 17.4 Å². The lowest BCUT2D eigenvalue weighted by atomic mass is 9.91. The Kier molecular flexibility index (Phi) is 3.73. The molecule has 5 heteroatoms. The molecule has 0 saturated carbocycles.